The molecule has 3 aromatic rings. The Labute approximate surface area is 179 Å². The van der Waals surface area contributed by atoms with Gasteiger partial charge < -0.3 is 15.8 Å². The van der Waals surface area contributed by atoms with Crippen molar-refractivity contribution in [3.8, 4) is 11.5 Å². The van der Waals surface area contributed by atoms with E-state index in [1.54, 1.807) is 12.1 Å². The molecule has 0 aromatic heterocycles. The molecule has 0 aliphatic rings. The van der Waals surface area contributed by atoms with Crippen molar-refractivity contribution in [1.82, 2.24) is 0 Å². The fourth-order valence-electron chi connectivity index (χ4n) is 2.39. The second kappa shape index (κ2) is 10.3. The van der Waals surface area contributed by atoms with Crippen LogP contribution in [-0.4, -0.2) is 10.9 Å². The minimum atomic E-state index is -0.437. The van der Waals surface area contributed by atoms with Gasteiger partial charge in [0.25, 0.3) is 5.69 Å². The molecule has 0 atom stereocenters. The summed E-state index contributed by atoms with van der Waals surface area (Å²) in [6.07, 6.45) is 0. The van der Waals surface area contributed by atoms with Gasteiger partial charge in [-0.1, -0.05) is 36.4 Å². The van der Waals surface area contributed by atoms with E-state index in [0.29, 0.717) is 11.3 Å². The smallest absolute Gasteiger partial charge is 0.269 e. The van der Waals surface area contributed by atoms with E-state index in [0.717, 1.165) is 11.4 Å². The first-order valence-corrected chi connectivity index (χ1v) is 8.23. The molecule has 3 rings (SSSR count). The summed E-state index contributed by atoms with van der Waals surface area (Å²) in [4.78, 5) is 14.6. The zero-order valence-electron chi connectivity index (χ0n) is 14.8. The van der Waals surface area contributed by atoms with E-state index in [1.807, 2.05) is 54.6 Å². The monoisotopic (exact) mass is 490 g/mol. The second-order valence-electron chi connectivity index (χ2n) is 5.70. The van der Waals surface area contributed by atoms with Crippen molar-refractivity contribution in [1.29, 1.82) is 0 Å². The van der Waals surface area contributed by atoms with Crippen LogP contribution in [0, 0.1) is 10.1 Å². The average Bonchev–Trinajstić information content (AvgIpc) is 2.68. The molecule has 0 saturated heterocycles. The van der Waals surface area contributed by atoms with Crippen LogP contribution in [0.15, 0.2) is 83.9 Å². The van der Waals surface area contributed by atoms with Gasteiger partial charge in [-0.15, -0.1) is 24.0 Å². The van der Waals surface area contributed by atoms with Crippen LogP contribution >= 0.6 is 24.0 Å². The normalized spacial score (nSPS) is 10.6. The number of halogens is 1. The number of nitro groups is 1. The van der Waals surface area contributed by atoms with Gasteiger partial charge in [0, 0.05) is 23.9 Å². The summed E-state index contributed by atoms with van der Waals surface area (Å²) in [7, 11) is 0. The van der Waals surface area contributed by atoms with E-state index in [1.165, 1.54) is 12.1 Å². The lowest BCUT2D eigenvalue weighted by Crippen LogP contribution is -2.22. The van der Waals surface area contributed by atoms with Crippen molar-refractivity contribution in [2.75, 3.05) is 5.32 Å². The van der Waals surface area contributed by atoms with E-state index < -0.39 is 4.92 Å². The fourth-order valence-corrected chi connectivity index (χ4v) is 2.39. The number of nitrogens with zero attached hydrogens (tertiary/aromatic N) is 2. The molecule has 0 aliphatic heterocycles. The highest BCUT2D eigenvalue weighted by Gasteiger charge is 2.05. The Balaban J connectivity index is 0.00000280. The number of nitrogens with two attached hydrogens (primary N) is 1. The molecule has 8 heteroatoms. The summed E-state index contributed by atoms with van der Waals surface area (Å²) >= 11 is 0. The van der Waals surface area contributed by atoms with E-state index in [2.05, 4.69) is 10.3 Å². The lowest BCUT2D eigenvalue weighted by atomic mass is 10.2. The zero-order chi connectivity index (χ0) is 19.1. The quantitative estimate of drug-likeness (QED) is 0.168. The number of anilines is 1. The molecule has 0 amide bonds. The molecule has 3 aromatic carbocycles. The Morgan fingerprint density at radius 1 is 1.00 bits per heavy atom. The fraction of sp³-hybridized carbons (Fsp3) is 0.0500. The van der Waals surface area contributed by atoms with E-state index >= 15 is 0 Å². The Bertz CT molecular complexity index is 964. The van der Waals surface area contributed by atoms with Crippen LogP contribution < -0.4 is 15.8 Å². The largest absolute Gasteiger partial charge is 0.457 e. The first-order chi connectivity index (χ1) is 13.1. The SMILES string of the molecule is I.NC(=NCc1cccc([N+](=O)[O-])c1)Nc1cccc(Oc2ccccc2)c1. The third-order valence-electron chi connectivity index (χ3n) is 3.64. The van der Waals surface area contributed by atoms with Crippen LogP contribution in [0.3, 0.4) is 0 Å². The molecule has 0 fully saturated rings. The summed E-state index contributed by atoms with van der Waals surface area (Å²) in [5, 5.41) is 13.8. The number of nitro benzene ring substituents is 1. The number of non-ortho nitro benzene ring substituents is 1. The molecule has 0 saturated carbocycles. The van der Waals surface area contributed by atoms with Crippen molar-refractivity contribution in [2.24, 2.45) is 10.7 Å². The Morgan fingerprint density at radius 2 is 1.71 bits per heavy atom. The molecule has 144 valence electrons. The first kappa shape index (κ1) is 21.2. The van der Waals surface area contributed by atoms with Gasteiger partial charge in [-0.25, -0.2) is 4.99 Å². The molecular weight excluding hydrogens is 471 g/mol. The molecule has 3 N–H and O–H groups in total. The van der Waals surface area contributed by atoms with Crippen molar-refractivity contribution in [3.05, 3.63) is 94.5 Å². The highest BCUT2D eigenvalue weighted by Crippen LogP contribution is 2.23. The average molecular weight is 490 g/mol. The summed E-state index contributed by atoms with van der Waals surface area (Å²) in [6, 6.07) is 23.1. The predicted molar refractivity (Wildman–Crippen MR) is 120 cm³/mol. The number of para-hydroxylation sites is 1. The van der Waals surface area contributed by atoms with Crippen LogP contribution in [0.1, 0.15) is 5.56 Å². The summed E-state index contributed by atoms with van der Waals surface area (Å²) in [5.41, 5.74) is 7.38. The number of nitrogens with one attached hydrogen (secondary N) is 1. The number of hydrogen-bond acceptors (Lipinski definition) is 4. The van der Waals surface area contributed by atoms with Gasteiger partial charge >= 0.3 is 0 Å². The van der Waals surface area contributed by atoms with Gasteiger partial charge in [0.2, 0.25) is 0 Å². The molecule has 0 spiro atoms. The highest BCUT2D eigenvalue weighted by atomic mass is 127. The molecule has 0 radical (unpaired) electrons. The minimum Gasteiger partial charge on any atom is -0.457 e. The maximum Gasteiger partial charge on any atom is 0.269 e. The topological polar surface area (TPSA) is 103 Å². The molecule has 0 unspecified atom stereocenters. The predicted octanol–water partition coefficient (Wildman–Crippen LogP) is 4.93. The highest BCUT2D eigenvalue weighted by molar-refractivity contribution is 14.0. The van der Waals surface area contributed by atoms with Crippen LogP contribution in [0.4, 0.5) is 11.4 Å². The number of guanidine groups is 1. The standard InChI is InChI=1S/C20H18N4O3.HI/c21-20(22-14-15-6-4-8-17(12-15)24(25)26)23-16-7-5-11-19(13-16)27-18-9-2-1-3-10-18;/h1-13H,14H2,(H3,21,22,23);1H. The molecule has 0 aliphatic carbocycles. The van der Waals surface area contributed by atoms with Crippen molar-refractivity contribution < 1.29 is 9.66 Å². The minimum absolute atomic E-state index is 0. The lowest BCUT2D eigenvalue weighted by Gasteiger charge is -2.09. The Morgan fingerprint density at radius 3 is 2.46 bits per heavy atom. The molecule has 0 bridgehead atoms. The third-order valence-corrected chi connectivity index (χ3v) is 3.64. The van der Waals surface area contributed by atoms with Crippen LogP contribution in [0.2, 0.25) is 0 Å². The Kier molecular flexibility index (Phi) is 7.76. The number of hydrogen-bond donors (Lipinski definition) is 2. The van der Waals surface area contributed by atoms with Crippen molar-refractivity contribution >= 4 is 41.3 Å². The van der Waals surface area contributed by atoms with Crippen LogP contribution in [-0.2, 0) is 6.54 Å². The summed E-state index contributed by atoms with van der Waals surface area (Å²) in [6.45, 7) is 0.237. The third kappa shape index (κ3) is 6.23. The van der Waals surface area contributed by atoms with Crippen molar-refractivity contribution in [2.45, 2.75) is 6.54 Å². The van der Waals surface area contributed by atoms with Gasteiger partial charge in [0.15, 0.2) is 5.96 Å². The van der Waals surface area contributed by atoms with E-state index in [-0.39, 0.29) is 42.2 Å². The number of ether oxygens (including phenoxy) is 1. The zero-order valence-corrected chi connectivity index (χ0v) is 17.1. The number of benzene rings is 3. The maximum atomic E-state index is 10.8. The van der Waals surface area contributed by atoms with Crippen molar-refractivity contribution in [3.63, 3.8) is 0 Å². The van der Waals surface area contributed by atoms with Gasteiger partial charge in [0.05, 0.1) is 11.5 Å². The lowest BCUT2D eigenvalue weighted by molar-refractivity contribution is -0.384. The molecule has 7 nitrogen and oxygen atoms in total. The second-order valence-corrected chi connectivity index (χ2v) is 5.70. The summed E-state index contributed by atoms with van der Waals surface area (Å²) < 4.78 is 5.78. The van der Waals surface area contributed by atoms with Gasteiger partial charge in [-0.3, -0.25) is 10.1 Å². The van der Waals surface area contributed by atoms with E-state index in [4.69, 9.17) is 10.5 Å². The number of rotatable bonds is 6. The van der Waals surface area contributed by atoms with Crippen LogP contribution in [0.25, 0.3) is 0 Å². The Hall–Kier alpha value is -3.14. The molecular formula is C20H19IN4O3. The van der Waals surface area contributed by atoms with E-state index in [9.17, 15) is 10.1 Å². The molecule has 0 heterocycles. The van der Waals surface area contributed by atoms with Gasteiger partial charge in [-0.2, -0.15) is 0 Å². The van der Waals surface area contributed by atoms with Crippen LogP contribution in [0.5, 0.6) is 11.5 Å². The van der Waals surface area contributed by atoms with Gasteiger partial charge in [-0.05, 0) is 29.8 Å². The number of aliphatic imine (C=N–C) groups is 1. The maximum absolute atomic E-state index is 10.8. The first-order valence-electron chi connectivity index (χ1n) is 8.23. The van der Waals surface area contributed by atoms with Gasteiger partial charge in [0.1, 0.15) is 11.5 Å². The summed E-state index contributed by atoms with van der Waals surface area (Å²) in [5.74, 6) is 1.61. The molecule has 28 heavy (non-hydrogen) atoms.